The predicted molar refractivity (Wildman–Crippen MR) is 201 cm³/mol. The molecule has 0 saturated heterocycles. The van der Waals surface area contributed by atoms with Gasteiger partial charge in [0.15, 0.2) is 17.6 Å². The molecule has 4 aromatic carbocycles. The summed E-state index contributed by atoms with van der Waals surface area (Å²) in [6.07, 6.45) is 3.14. The van der Waals surface area contributed by atoms with Gasteiger partial charge in [-0.3, -0.25) is 4.79 Å². The van der Waals surface area contributed by atoms with Crippen molar-refractivity contribution in [3.8, 4) is 23.0 Å². The Labute approximate surface area is 314 Å². The van der Waals surface area contributed by atoms with Gasteiger partial charge in [-0.15, -0.1) is 0 Å². The van der Waals surface area contributed by atoms with E-state index in [1.54, 1.807) is 38.5 Å². The lowest BCUT2D eigenvalue weighted by Gasteiger charge is -2.29. The zero-order valence-corrected chi connectivity index (χ0v) is 30.5. The second-order valence-corrected chi connectivity index (χ2v) is 13.1. The van der Waals surface area contributed by atoms with Crippen LogP contribution in [-0.4, -0.2) is 59.5 Å². The summed E-state index contributed by atoms with van der Waals surface area (Å²) in [5.41, 5.74) is 6.61. The summed E-state index contributed by atoms with van der Waals surface area (Å²) in [5, 5.41) is 50.0. The number of unbranched alkanes of at least 4 members (excludes halogenated alkanes) is 3. The van der Waals surface area contributed by atoms with Gasteiger partial charge in [0.1, 0.15) is 17.7 Å². The SMILES string of the molecule is COc1ccc2c(c1)C(=O)NC(c1ccc(OCCCCCCOc3cc(C4=NOC(c5cc(CO)c(CO)c(CO)c5)C4)ccc3OC)c(CO)c1)N2. The summed E-state index contributed by atoms with van der Waals surface area (Å²) in [6, 6.07) is 20.0. The molecular formula is C41H47N3O10. The van der Waals surface area contributed by atoms with E-state index in [2.05, 4.69) is 15.8 Å². The molecule has 0 radical (unpaired) electrons. The van der Waals surface area contributed by atoms with Crippen LogP contribution in [0.1, 0.15) is 93.7 Å². The van der Waals surface area contributed by atoms with E-state index in [9.17, 15) is 25.2 Å². The molecule has 2 aliphatic rings. The number of nitrogens with one attached hydrogen (secondary N) is 2. The number of oxime groups is 1. The van der Waals surface area contributed by atoms with Crippen molar-refractivity contribution < 1.29 is 49.0 Å². The fraction of sp³-hybridized carbons (Fsp3) is 0.366. The van der Waals surface area contributed by atoms with Crippen LogP contribution in [-0.2, 0) is 31.3 Å². The molecule has 2 unspecified atom stereocenters. The zero-order valence-electron chi connectivity index (χ0n) is 30.5. The number of rotatable bonds is 18. The maximum atomic E-state index is 12.8. The summed E-state index contributed by atoms with van der Waals surface area (Å²) in [7, 11) is 3.15. The number of methoxy groups -OCH3 is 2. The van der Waals surface area contributed by atoms with Crippen molar-refractivity contribution in [2.75, 3.05) is 32.8 Å². The third kappa shape index (κ3) is 8.71. The number of aliphatic hydroxyl groups is 4. The largest absolute Gasteiger partial charge is 0.497 e. The number of fused-ring (bicyclic) bond motifs is 1. The second kappa shape index (κ2) is 18.1. The highest BCUT2D eigenvalue weighted by Crippen LogP contribution is 2.36. The Hall–Kier alpha value is -5.34. The first-order chi connectivity index (χ1) is 26.4. The standard InChI is InChI=1S/C41H47N3O10/c1-50-31-9-10-34-32(19-31)41(49)43-40(42-34)26-8-11-36(30(15-26)23-47)52-13-5-3-4-6-14-53-39-18-25(7-12-37(39)51-2)35-20-38(54-44-35)27-16-28(21-45)33(24-48)29(17-27)22-46/h7-12,15-19,38,40,42,45-48H,3-6,13-14,20-24H2,1-2H3,(H,43,49). The molecule has 13 heteroatoms. The lowest BCUT2D eigenvalue weighted by Crippen LogP contribution is -2.38. The van der Waals surface area contributed by atoms with Crippen molar-refractivity contribution >= 4 is 17.3 Å². The number of carbonyl (C=O) groups excluding carboxylic acids is 1. The monoisotopic (exact) mass is 741 g/mol. The highest BCUT2D eigenvalue weighted by molar-refractivity contribution is 6.02. The number of benzene rings is 4. The van der Waals surface area contributed by atoms with Gasteiger partial charge in [-0.2, -0.15) is 0 Å². The topological polar surface area (TPSA) is 181 Å². The van der Waals surface area contributed by atoms with Crippen molar-refractivity contribution in [2.45, 2.75) is 70.8 Å². The molecule has 0 saturated carbocycles. The Morgan fingerprint density at radius 3 is 2.06 bits per heavy atom. The van der Waals surface area contributed by atoms with Crippen molar-refractivity contribution in [1.82, 2.24) is 5.32 Å². The fourth-order valence-electron chi connectivity index (χ4n) is 6.69. The molecule has 0 bridgehead atoms. The zero-order chi connectivity index (χ0) is 38.0. The minimum atomic E-state index is -0.453. The van der Waals surface area contributed by atoms with Crippen LogP contribution >= 0.6 is 0 Å². The van der Waals surface area contributed by atoms with Gasteiger partial charge in [0.25, 0.3) is 5.91 Å². The molecule has 6 N–H and O–H groups in total. The molecule has 0 spiro atoms. The first-order valence-electron chi connectivity index (χ1n) is 18.0. The van der Waals surface area contributed by atoms with Crippen LogP contribution in [0.25, 0.3) is 0 Å². The predicted octanol–water partition coefficient (Wildman–Crippen LogP) is 5.41. The summed E-state index contributed by atoms with van der Waals surface area (Å²) >= 11 is 0. The number of nitrogens with zero attached hydrogens (tertiary/aromatic N) is 1. The summed E-state index contributed by atoms with van der Waals surface area (Å²) in [5.74, 6) is 2.22. The molecule has 4 aromatic rings. The summed E-state index contributed by atoms with van der Waals surface area (Å²) in [6.45, 7) is -0.00764. The molecule has 0 fully saturated rings. The Morgan fingerprint density at radius 2 is 1.39 bits per heavy atom. The van der Waals surface area contributed by atoms with Crippen LogP contribution in [0.15, 0.2) is 71.9 Å². The van der Waals surface area contributed by atoms with E-state index in [1.807, 2.05) is 42.5 Å². The van der Waals surface area contributed by atoms with Gasteiger partial charge in [0, 0.05) is 23.2 Å². The molecule has 2 atom stereocenters. The smallest absolute Gasteiger partial charge is 0.255 e. The Bertz CT molecular complexity index is 1940. The van der Waals surface area contributed by atoms with Crippen LogP contribution in [0.4, 0.5) is 5.69 Å². The third-order valence-corrected chi connectivity index (χ3v) is 9.68. The first kappa shape index (κ1) is 38.4. The van der Waals surface area contributed by atoms with E-state index in [-0.39, 0.29) is 32.3 Å². The number of aliphatic hydroxyl groups excluding tert-OH is 4. The van der Waals surface area contributed by atoms with E-state index < -0.39 is 12.3 Å². The lowest BCUT2D eigenvalue weighted by molar-refractivity contribution is 0.0853. The van der Waals surface area contributed by atoms with Gasteiger partial charge in [-0.25, -0.2) is 0 Å². The number of hydrogen-bond donors (Lipinski definition) is 6. The maximum absolute atomic E-state index is 12.8. The van der Waals surface area contributed by atoms with E-state index in [1.165, 1.54) is 0 Å². The van der Waals surface area contributed by atoms with Crippen molar-refractivity contribution in [3.05, 3.63) is 111 Å². The van der Waals surface area contributed by atoms with Crippen molar-refractivity contribution in [1.29, 1.82) is 0 Å². The summed E-state index contributed by atoms with van der Waals surface area (Å²) in [4.78, 5) is 18.5. The van der Waals surface area contributed by atoms with Gasteiger partial charge in [-0.1, -0.05) is 11.2 Å². The fourth-order valence-corrected chi connectivity index (χ4v) is 6.69. The lowest BCUT2D eigenvalue weighted by atomic mass is 9.93. The number of anilines is 1. The average Bonchev–Trinajstić information content (AvgIpc) is 3.71. The van der Waals surface area contributed by atoms with Crippen molar-refractivity contribution in [3.63, 3.8) is 0 Å². The highest BCUT2D eigenvalue weighted by Gasteiger charge is 2.27. The van der Waals surface area contributed by atoms with Gasteiger partial charge in [0.2, 0.25) is 0 Å². The average molecular weight is 742 g/mol. The normalized spacial score (nSPS) is 16.1. The van der Waals surface area contributed by atoms with Crippen LogP contribution in [0.3, 0.4) is 0 Å². The van der Waals surface area contributed by atoms with Gasteiger partial charge in [0.05, 0.1) is 65.1 Å². The second-order valence-electron chi connectivity index (χ2n) is 13.1. The van der Waals surface area contributed by atoms with Crippen molar-refractivity contribution in [2.24, 2.45) is 5.16 Å². The third-order valence-electron chi connectivity index (χ3n) is 9.68. The van der Waals surface area contributed by atoms with Crippen LogP contribution in [0.5, 0.6) is 23.0 Å². The molecule has 286 valence electrons. The molecule has 54 heavy (non-hydrogen) atoms. The van der Waals surface area contributed by atoms with E-state index in [0.29, 0.717) is 76.1 Å². The molecule has 0 aliphatic carbocycles. The minimum Gasteiger partial charge on any atom is -0.497 e. The maximum Gasteiger partial charge on any atom is 0.255 e. The van der Waals surface area contributed by atoms with Gasteiger partial charge < -0.3 is 54.8 Å². The number of ether oxygens (including phenoxy) is 4. The number of amides is 1. The van der Waals surface area contributed by atoms with Crippen LogP contribution in [0.2, 0.25) is 0 Å². The highest BCUT2D eigenvalue weighted by atomic mass is 16.6. The Morgan fingerprint density at radius 1 is 0.704 bits per heavy atom. The first-order valence-corrected chi connectivity index (χ1v) is 18.0. The quantitative estimate of drug-likeness (QED) is 0.0718. The number of hydrogen-bond acceptors (Lipinski definition) is 12. The Kier molecular flexibility index (Phi) is 12.9. The molecule has 1 amide bonds. The molecule has 2 aliphatic heterocycles. The van der Waals surface area contributed by atoms with Gasteiger partial charge in [-0.05, 0) is 114 Å². The minimum absolute atomic E-state index is 0.198. The molecular weight excluding hydrogens is 694 g/mol. The Balaban J connectivity index is 0.950. The van der Waals surface area contributed by atoms with Crippen LogP contribution < -0.4 is 29.6 Å². The summed E-state index contributed by atoms with van der Waals surface area (Å²) < 4.78 is 22.9. The molecule has 0 aromatic heterocycles. The molecule has 2 heterocycles. The molecule has 6 rings (SSSR count). The molecule has 13 nitrogen and oxygen atoms in total. The van der Waals surface area contributed by atoms with E-state index in [0.717, 1.165) is 48.1 Å². The van der Waals surface area contributed by atoms with Gasteiger partial charge >= 0.3 is 0 Å². The van der Waals surface area contributed by atoms with E-state index >= 15 is 0 Å². The van der Waals surface area contributed by atoms with E-state index in [4.69, 9.17) is 23.8 Å². The number of carbonyl (C=O) groups is 1. The van der Waals surface area contributed by atoms with Crippen LogP contribution in [0, 0.1) is 0 Å².